The van der Waals surface area contributed by atoms with Gasteiger partial charge in [0.05, 0.1) is 0 Å². The highest BCUT2D eigenvalue weighted by Crippen LogP contribution is 2.06. The molecular weight excluding hydrogens is 190 g/mol. The van der Waals surface area contributed by atoms with Crippen LogP contribution in [-0.2, 0) is 12.8 Å². The lowest BCUT2D eigenvalue weighted by Crippen LogP contribution is -2.14. The lowest BCUT2D eigenvalue weighted by atomic mass is 10.1. The molecule has 0 aromatic heterocycles. The molecule has 1 aromatic rings. The highest BCUT2D eigenvalue weighted by molar-refractivity contribution is 7.80. The second-order valence-corrected chi connectivity index (χ2v) is 3.79. The number of thiol groups is 1. The van der Waals surface area contributed by atoms with Crippen LogP contribution in [0.15, 0.2) is 24.3 Å². The summed E-state index contributed by atoms with van der Waals surface area (Å²) < 4.78 is 0. The third kappa shape index (κ3) is 4.16. The van der Waals surface area contributed by atoms with Gasteiger partial charge in [0.2, 0.25) is 0 Å². The minimum Gasteiger partial charge on any atom is -0.308 e. The molecule has 1 nitrogen and oxygen atoms in total. The van der Waals surface area contributed by atoms with Gasteiger partial charge in [-0.3, -0.25) is 0 Å². The van der Waals surface area contributed by atoms with Crippen LogP contribution in [0.3, 0.4) is 0 Å². The van der Waals surface area contributed by atoms with Crippen molar-refractivity contribution in [1.29, 1.82) is 0 Å². The summed E-state index contributed by atoms with van der Waals surface area (Å²) in [5.41, 5.74) is 2.84. The fourth-order valence-electron chi connectivity index (χ4n) is 1.47. The zero-order chi connectivity index (χ0) is 10.2. The van der Waals surface area contributed by atoms with E-state index in [0.29, 0.717) is 0 Å². The van der Waals surface area contributed by atoms with Crippen molar-refractivity contribution in [1.82, 2.24) is 5.32 Å². The normalized spacial score (nSPS) is 10.4. The topological polar surface area (TPSA) is 12.0 Å². The largest absolute Gasteiger partial charge is 0.308 e. The quantitative estimate of drug-likeness (QED) is 0.417. The van der Waals surface area contributed by atoms with Gasteiger partial charge in [0.15, 0.2) is 0 Å². The SMILES string of the molecule is CCCc1ccc(CCNCS)cc1. The van der Waals surface area contributed by atoms with E-state index in [2.05, 4.69) is 49.1 Å². The zero-order valence-electron chi connectivity index (χ0n) is 8.79. The Morgan fingerprint density at radius 2 is 1.64 bits per heavy atom. The van der Waals surface area contributed by atoms with Crippen molar-refractivity contribution in [2.75, 3.05) is 12.4 Å². The average Bonchev–Trinajstić information content (AvgIpc) is 2.21. The lowest BCUT2D eigenvalue weighted by molar-refractivity contribution is 0.776. The van der Waals surface area contributed by atoms with E-state index < -0.39 is 0 Å². The van der Waals surface area contributed by atoms with Gasteiger partial charge < -0.3 is 5.32 Å². The summed E-state index contributed by atoms with van der Waals surface area (Å²) in [6.07, 6.45) is 3.50. The van der Waals surface area contributed by atoms with Crippen LogP contribution < -0.4 is 5.32 Å². The van der Waals surface area contributed by atoms with E-state index in [4.69, 9.17) is 0 Å². The molecule has 14 heavy (non-hydrogen) atoms. The highest BCUT2D eigenvalue weighted by Gasteiger charge is 1.93. The lowest BCUT2D eigenvalue weighted by Gasteiger charge is -2.03. The zero-order valence-corrected chi connectivity index (χ0v) is 9.69. The maximum Gasteiger partial charge on any atom is 0.0387 e. The Balaban J connectivity index is 2.38. The third-order valence-corrected chi connectivity index (χ3v) is 2.49. The number of hydrogen-bond donors (Lipinski definition) is 2. The van der Waals surface area contributed by atoms with Crippen molar-refractivity contribution in [2.24, 2.45) is 0 Å². The molecule has 0 radical (unpaired) electrons. The predicted octanol–water partition coefficient (Wildman–Crippen LogP) is 2.66. The first-order valence-electron chi connectivity index (χ1n) is 5.26. The Morgan fingerprint density at radius 1 is 1.07 bits per heavy atom. The van der Waals surface area contributed by atoms with Crippen LogP contribution in [0, 0.1) is 0 Å². The minimum atomic E-state index is 0.758. The second-order valence-electron chi connectivity index (χ2n) is 3.47. The molecule has 0 aliphatic rings. The molecule has 0 amide bonds. The van der Waals surface area contributed by atoms with Crippen LogP contribution in [0.2, 0.25) is 0 Å². The summed E-state index contributed by atoms with van der Waals surface area (Å²) >= 11 is 4.10. The second kappa shape index (κ2) is 6.91. The molecule has 0 saturated heterocycles. The molecule has 0 aliphatic heterocycles. The third-order valence-electron chi connectivity index (χ3n) is 2.26. The molecule has 0 saturated carbocycles. The van der Waals surface area contributed by atoms with Crippen molar-refractivity contribution in [3.05, 3.63) is 35.4 Å². The predicted molar refractivity (Wildman–Crippen MR) is 66.0 cm³/mol. The Labute approximate surface area is 92.3 Å². The molecule has 0 unspecified atom stereocenters. The first-order valence-corrected chi connectivity index (χ1v) is 5.89. The Bertz CT molecular complexity index is 243. The first kappa shape index (κ1) is 11.6. The van der Waals surface area contributed by atoms with E-state index in [0.717, 1.165) is 18.8 Å². The van der Waals surface area contributed by atoms with E-state index in [1.165, 1.54) is 24.0 Å². The summed E-state index contributed by atoms with van der Waals surface area (Å²) in [7, 11) is 0. The molecule has 0 heterocycles. The molecule has 1 aromatic carbocycles. The van der Waals surface area contributed by atoms with E-state index >= 15 is 0 Å². The van der Waals surface area contributed by atoms with Crippen LogP contribution >= 0.6 is 12.6 Å². The summed E-state index contributed by atoms with van der Waals surface area (Å²) in [4.78, 5) is 0. The van der Waals surface area contributed by atoms with E-state index in [-0.39, 0.29) is 0 Å². The van der Waals surface area contributed by atoms with E-state index in [1.807, 2.05) is 0 Å². The fraction of sp³-hybridized carbons (Fsp3) is 0.500. The summed E-state index contributed by atoms with van der Waals surface area (Å²) in [5.74, 6) is 0.758. The maximum atomic E-state index is 4.10. The molecule has 0 fully saturated rings. The van der Waals surface area contributed by atoms with Gasteiger partial charge in [-0.2, -0.15) is 12.6 Å². The van der Waals surface area contributed by atoms with Crippen molar-refractivity contribution in [3.8, 4) is 0 Å². The first-order chi connectivity index (χ1) is 6.86. The van der Waals surface area contributed by atoms with E-state index in [9.17, 15) is 0 Å². The van der Waals surface area contributed by atoms with Gasteiger partial charge in [-0.1, -0.05) is 37.6 Å². The van der Waals surface area contributed by atoms with Gasteiger partial charge in [-0.15, -0.1) is 0 Å². The molecule has 0 aliphatic carbocycles. The van der Waals surface area contributed by atoms with Gasteiger partial charge in [-0.05, 0) is 30.5 Å². The Hall–Kier alpha value is -0.470. The van der Waals surface area contributed by atoms with Gasteiger partial charge in [0.1, 0.15) is 0 Å². The number of rotatable bonds is 6. The van der Waals surface area contributed by atoms with Crippen LogP contribution in [0.25, 0.3) is 0 Å². The van der Waals surface area contributed by atoms with Crippen LogP contribution in [0.4, 0.5) is 0 Å². The van der Waals surface area contributed by atoms with Crippen molar-refractivity contribution >= 4 is 12.6 Å². The van der Waals surface area contributed by atoms with Crippen molar-refractivity contribution in [2.45, 2.75) is 26.2 Å². The molecule has 1 rings (SSSR count). The highest BCUT2D eigenvalue weighted by atomic mass is 32.1. The van der Waals surface area contributed by atoms with Gasteiger partial charge in [0, 0.05) is 5.88 Å². The molecule has 0 bridgehead atoms. The Kier molecular flexibility index (Phi) is 5.72. The summed E-state index contributed by atoms with van der Waals surface area (Å²) in [5, 5.41) is 3.20. The molecule has 0 atom stereocenters. The average molecular weight is 209 g/mol. The van der Waals surface area contributed by atoms with Crippen LogP contribution in [0.1, 0.15) is 24.5 Å². The molecule has 78 valence electrons. The van der Waals surface area contributed by atoms with E-state index in [1.54, 1.807) is 0 Å². The summed E-state index contributed by atoms with van der Waals surface area (Å²) in [6.45, 7) is 3.22. The number of nitrogens with one attached hydrogen (secondary N) is 1. The monoisotopic (exact) mass is 209 g/mol. The Morgan fingerprint density at radius 3 is 2.14 bits per heavy atom. The van der Waals surface area contributed by atoms with Crippen LogP contribution in [-0.4, -0.2) is 12.4 Å². The minimum absolute atomic E-state index is 0.758. The molecule has 0 spiro atoms. The van der Waals surface area contributed by atoms with Crippen LogP contribution in [0.5, 0.6) is 0 Å². The molecular formula is C12H19NS. The molecule has 2 heteroatoms. The standard InChI is InChI=1S/C12H19NS/c1-2-3-11-4-6-12(7-5-11)8-9-13-10-14/h4-7,13-14H,2-3,8-10H2,1H3. The maximum absolute atomic E-state index is 4.10. The number of hydrogen-bond acceptors (Lipinski definition) is 2. The summed E-state index contributed by atoms with van der Waals surface area (Å²) in [6, 6.07) is 8.93. The van der Waals surface area contributed by atoms with Gasteiger partial charge in [-0.25, -0.2) is 0 Å². The fourth-order valence-corrected chi connectivity index (χ4v) is 1.63. The smallest absolute Gasteiger partial charge is 0.0387 e. The van der Waals surface area contributed by atoms with Crippen molar-refractivity contribution < 1.29 is 0 Å². The number of benzene rings is 1. The van der Waals surface area contributed by atoms with Gasteiger partial charge >= 0.3 is 0 Å². The number of aryl methyl sites for hydroxylation is 1. The molecule has 1 N–H and O–H groups in total. The van der Waals surface area contributed by atoms with Gasteiger partial charge in [0.25, 0.3) is 0 Å². The van der Waals surface area contributed by atoms with Crippen molar-refractivity contribution in [3.63, 3.8) is 0 Å².